The van der Waals surface area contributed by atoms with Gasteiger partial charge in [0, 0.05) is 0 Å². The summed E-state index contributed by atoms with van der Waals surface area (Å²) < 4.78 is 27.7. The van der Waals surface area contributed by atoms with Crippen LogP contribution in [0.15, 0.2) is 36.4 Å². The van der Waals surface area contributed by atoms with Crippen LogP contribution in [0, 0.1) is 35.5 Å². The molecule has 4 aliphatic carbocycles. The second-order valence-corrected chi connectivity index (χ2v) is 20.4. The highest BCUT2D eigenvalue weighted by Gasteiger charge is 2.48. The molecule has 2 aromatic carbocycles. The molecule has 4 aliphatic rings. The van der Waals surface area contributed by atoms with Crippen LogP contribution >= 0.6 is 0 Å². The maximum atomic E-state index is 12.5. The van der Waals surface area contributed by atoms with Crippen LogP contribution < -0.4 is 26.4 Å². The fourth-order valence-corrected chi connectivity index (χ4v) is 11.4. The van der Waals surface area contributed by atoms with E-state index in [2.05, 4.69) is 26.0 Å². The number of rotatable bonds is 26. The van der Waals surface area contributed by atoms with Crippen LogP contribution in [0.2, 0.25) is 0 Å². The average molecular weight is 996 g/mol. The molecule has 2 fully saturated rings. The second kappa shape index (κ2) is 28.4. The van der Waals surface area contributed by atoms with E-state index in [0.29, 0.717) is 36.2 Å². The molecule has 0 saturated heterocycles. The number of nitrogens with one attached hydrogen (secondary N) is 1. The Kier molecular flexibility index (Phi) is 22.9. The van der Waals surface area contributed by atoms with Crippen molar-refractivity contribution in [3.8, 4) is 11.5 Å². The van der Waals surface area contributed by atoms with Crippen LogP contribution in [-0.2, 0) is 63.9 Å². The lowest BCUT2D eigenvalue weighted by atomic mass is 9.73. The minimum Gasteiger partial charge on any atom is -0.482 e. The van der Waals surface area contributed by atoms with Crippen molar-refractivity contribution in [1.82, 2.24) is 5.48 Å². The third-order valence-electron chi connectivity index (χ3n) is 15.1. The highest BCUT2D eigenvalue weighted by molar-refractivity contribution is 5.80. The molecule has 2 aromatic rings. The van der Waals surface area contributed by atoms with Gasteiger partial charge in [0.1, 0.15) is 35.8 Å². The number of fused-ring (bicyclic) bond motifs is 4. The summed E-state index contributed by atoms with van der Waals surface area (Å²) in [5, 5.41) is 38.6. The van der Waals surface area contributed by atoms with Crippen molar-refractivity contribution in [2.45, 2.75) is 180 Å². The van der Waals surface area contributed by atoms with Crippen LogP contribution in [0.4, 0.5) is 0 Å². The first kappa shape index (κ1) is 57.1. The van der Waals surface area contributed by atoms with Crippen LogP contribution in [0.3, 0.4) is 0 Å². The van der Waals surface area contributed by atoms with E-state index in [1.54, 1.807) is 13.8 Å². The van der Waals surface area contributed by atoms with Gasteiger partial charge in [-0.1, -0.05) is 70.2 Å². The maximum Gasteiger partial charge on any atom is 0.344 e. The van der Waals surface area contributed by atoms with Gasteiger partial charge in [0.2, 0.25) is 0 Å². The van der Waals surface area contributed by atoms with Crippen molar-refractivity contribution < 1.29 is 68.2 Å². The quantitative estimate of drug-likeness (QED) is 0.0189. The Balaban J connectivity index is 0.000000267. The monoisotopic (exact) mass is 996 g/mol. The Bertz CT molecular complexity index is 2050. The third-order valence-corrected chi connectivity index (χ3v) is 15.1. The zero-order valence-corrected chi connectivity index (χ0v) is 42.3. The molecule has 0 aromatic heterocycles. The summed E-state index contributed by atoms with van der Waals surface area (Å²) in [6.07, 6.45) is 14.6. The van der Waals surface area contributed by atoms with Gasteiger partial charge in [-0.25, -0.2) is 15.1 Å². The first-order valence-corrected chi connectivity index (χ1v) is 26.1. The number of unbranched alkanes of at least 4 members (excludes halogenated alkanes) is 4. The normalized spacial score (nSPS) is 24.5. The number of hydrogen-bond donors (Lipinski definition) is 7. The fourth-order valence-electron chi connectivity index (χ4n) is 11.4. The molecule has 71 heavy (non-hydrogen) atoms. The molecule has 0 radical (unpaired) electrons. The second-order valence-electron chi connectivity index (χ2n) is 20.4. The van der Waals surface area contributed by atoms with Crippen LogP contribution in [0.5, 0.6) is 11.5 Å². The standard InChI is InChI=1S/C29H44N2O7.C25H37NO7/c1-4-5-6-9-21(37-28(34)17(2)30)11-12-22-23-13-19-8-7-10-25(36-16-27(32)33)24(19)14-20(23)15-26(22)38-29(35)18(3)31;1-2-3-4-7-18(27)9-10-19-20-11-16-6-5-8-23(21(16)12-17(20)13-22(19)28)32-15-25(30)33-14-24(29)26-31/h7-8,10,17-18,20-23,26H,4-6,9,11-16,30-31H2,1-3H3,(H,32,33);5-6,8,17-20,22,27-28,31H,2-4,7,9-15H2,1H3,(H,26,29)/t17?,18?,20-,21-,22+,23-,26+;17?,18-,19-,20?,22-/m01/s1. The Morgan fingerprint density at radius 1 is 0.704 bits per heavy atom. The van der Waals surface area contributed by atoms with Gasteiger partial charge in [-0.2, -0.15) is 0 Å². The van der Waals surface area contributed by atoms with Crippen molar-refractivity contribution in [3.05, 3.63) is 58.7 Å². The van der Waals surface area contributed by atoms with Gasteiger partial charge in [-0.3, -0.25) is 19.6 Å². The van der Waals surface area contributed by atoms with Crippen molar-refractivity contribution in [3.63, 3.8) is 0 Å². The molecule has 1 amide bonds. The van der Waals surface area contributed by atoms with E-state index < -0.39 is 48.5 Å². The number of aliphatic hydroxyl groups excluding tert-OH is 2. The molecule has 0 aliphatic heterocycles. The number of carboxylic acids is 1. The van der Waals surface area contributed by atoms with E-state index in [1.165, 1.54) is 11.0 Å². The van der Waals surface area contributed by atoms with E-state index in [-0.39, 0.29) is 61.3 Å². The van der Waals surface area contributed by atoms with E-state index in [1.807, 2.05) is 24.3 Å². The zero-order chi connectivity index (χ0) is 51.6. The number of aliphatic hydroxyl groups is 2. The number of carbonyl (C=O) groups is 5. The Hall–Kier alpha value is -4.81. The van der Waals surface area contributed by atoms with Gasteiger partial charge in [-0.05, 0) is 167 Å². The van der Waals surface area contributed by atoms with E-state index in [4.69, 9.17) is 45.5 Å². The molecule has 17 heteroatoms. The van der Waals surface area contributed by atoms with Gasteiger partial charge >= 0.3 is 23.9 Å². The molecule has 17 nitrogen and oxygen atoms in total. The van der Waals surface area contributed by atoms with Crippen LogP contribution in [0.25, 0.3) is 0 Å². The lowest BCUT2D eigenvalue weighted by molar-refractivity contribution is -0.153. The molecule has 0 spiro atoms. The lowest BCUT2D eigenvalue weighted by Gasteiger charge is -2.33. The summed E-state index contributed by atoms with van der Waals surface area (Å²) in [7, 11) is 0. The number of esters is 3. The number of aliphatic carboxylic acids is 1. The van der Waals surface area contributed by atoms with Crippen molar-refractivity contribution in [2.75, 3.05) is 19.8 Å². The predicted octanol–water partition coefficient (Wildman–Crippen LogP) is 5.93. The van der Waals surface area contributed by atoms with E-state index in [9.17, 15) is 34.2 Å². The van der Waals surface area contributed by atoms with Crippen LogP contribution in [-0.4, -0.2) is 107 Å². The Morgan fingerprint density at radius 3 is 1.85 bits per heavy atom. The summed E-state index contributed by atoms with van der Waals surface area (Å²) >= 11 is 0. The van der Waals surface area contributed by atoms with Gasteiger partial charge in [-0.15, -0.1) is 0 Å². The minimum absolute atomic E-state index is 0.0992. The highest BCUT2D eigenvalue weighted by Crippen LogP contribution is 2.51. The molecule has 12 atom stereocenters. The summed E-state index contributed by atoms with van der Waals surface area (Å²) in [6.45, 7) is 6.26. The number of amides is 1. The molecule has 9 N–H and O–H groups in total. The molecule has 0 heterocycles. The fraction of sp³-hybridized carbons (Fsp3) is 0.685. The minimum atomic E-state index is -1.02. The molecule has 6 rings (SSSR count). The number of ether oxygens (including phenoxy) is 5. The van der Waals surface area contributed by atoms with E-state index >= 15 is 0 Å². The van der Waals surface area contributed by atoms with Crippen molar-refractivity contribution in [2.24, 2.45) is 47.0 Å². The summed E-state index contributed by atoms with van der Waals surface area (Å²) in [5.74, 6) is -0.530. The largest absolute Gasteiger partial charge is 0.482 e. The van der Waals surface area contributed by atoms with Gasteiger partial charge in [0.05, 0.1) is 12.2 Å². The van der Waals surface area contributed by atoms with Gasteiger partial charge in [0.25, 0.3) is 5.91 Å². The smallest absolute Gasteiger partial charge is 0.344 e. The summed E-state index contributed by atoms with van der Waals surface area (Å²) in [6, 6.07) is 10.2. The first-order valence-electron chi connectivity index (χ1n) is 26.1. The lowest BCUT2D eigenvalue weighted by Crippen LogP contribution is -2.36. The molecular weight excluding hydrogens is 915 g/mol. The summed E-state index contributed by atoms with van der Waals surface area (Å²) in [5.41, 5.74) is 17.4. The Morgan fingerprint density at radius 2 is 1.27 bits per heavy atom. The number of hydroxylamine groups is 1. The van der Waals surface area contributed by atoms with Crippen LogP contribution in [0.1, 0.15) is 140 Å². The highest BCUT2D eigenvalue weighted by atomic mass is 16.6. The number of hydrogen-bond acceptors (Lipinski definition) is 15. The van der Waals surface area contributed by atoms with E-state index in [0.717, 1.165) is 119 Å². The number of carboxylic acid groups (broad SMARTS) is 1. The predicted molar refractivity (Wildman–Crippen MR) is 263 cm³/mol. The molecular formula is C54H81N3O14. The first-order chi connectivity index (χ1) is 34.0. The van der Waals surface area contributed by atoms with Crippen molar-refractivity contribution in [1.29, 1.82) is 0 Å². The van der Waals surface area contributed by atoms with Gasteiger partial charge < -0.3 is 50.5 Å². The topological polar surface area (TPSA) is 276 Å². The number of nitrogens with two attached hydrogens (primary N) is 2. The Labute approximate surface area is 419 Å². The zero-order valence-electron chi connectivity index (χ0n) is 42.3. The SMILES string of the molecule is CCCCC[C@@H](CC[C@@H]1[C@H]2Cc3cccc(OCC(=O)O)c3C[C@H]2C[C@H]1OC(=O)C(C)N)OC(=O)C(C)N.CCCCC[C@@H](O)CC[C@@H]1C2Cc3cccc(OCC(=O)OCC(=O)NO)c3CC2C[C@H]1O. The molecule has 396 valence electrons. The number of benzene rings is 2. The van der Waals surface area contributed by atoms with Gasteiger partial charge in [0.15, 0.2) is 19.8 Å². The molecule has 4 unspecified atom stereocenters. The average Bonchev–Trinajstić information content (AvgIpc) is 3.84. The number of carbonyl (C=O) groups excluding carboxylic acids is 4. The van der Waals surface area contributed by atoms with Crippen molar-refractivity contribution >= 4 is 29.8 Å². The third kappa shape index (κ3) is 16.9. The maximum absolute atomic E-state index is 12.5. The summed E-state index contributed by atoms with van der Waals surface area (Å²) in [4.78, 5) is 58.6. The molecule has 0 bridgehead atoms. The molecule has 2 saturated carbocycles.